The molecule has 0 spiro atoms. The van der Waals surface area contributed by atoms with Crippen LogP contribution in [0.25, 0.3) is 11.1 Å². The Balaban J connectivity index is 2.55. The summed E-state index contributed by atoms with van der Waals surface area (Å²) < 4.78 is 0. The zero-order valence-electron chi connectivity index (χ0n) is 8.70. The minimum absolute atomic E-state index is 0.632. The van der Waals surface area contributed by atoms with Gasteiger partial charge in [0, 0.05) is 0 Å². The smallest absolute Gasteiger partial charge is 0.0554 e. The van der Waals surface area contributed by atoms with E-state index >= 15 is 0 Å². The van der Waals surface area contributed by atoms with Gasteiger partial charge in [-0.05, 0) is 35.7 Å². The van der Waals surface area contributed by atoms with Crippen molar-refractivity contribution in [1.82, 2.24) is 0 Å². The lowest BCUT2D eigenvalue weighted by Gasteiger charge is -2.07. The lowest BCUT2D eigenvalue weighted by molar-refractivity contribution is 1.46. The van der Waals surface area contributed by atoms with Crippen LogP contribution in [0.1, 0.15) is 5.56 Å². The lowest BCUT2D eigenvalue weighted by Crippen LogP contribution is -1.94. The highest BCUT2D eigenvalue weighted by Crippen LogP contribution is 2.27. The fourth-order valence-electron chi connectivity index (χ4n) is 1.64. The number of anilines is 2. The summed E-state index contributed by atoms with van der Waals surface area (Å²) in [6.07, 6.45) is 0. The van der Waals surface area contributed by atoms with Gasteiger partial charge in [0.25, 0.3) is 0 Å². The largest absolute Gasteiger partial charge is 0.397 e. The first-order chi connectivity index (χ1) is 7.18. The van der Waals surface area contributed by atoms with Crippen molar-refractivity contribution in [1.29, 1.82) is 0 Å². The van der Waals surface area contributed by atoms with Crippen molar-refractivity contribution in [3.8, 4) is 11.1 Å². The van der Waals surface area contributed by atoms with Gasteiger partial charge >= 0.3 is 0 Å². The molecular formula is C13H14N2. The van der Waals surface area contributed by atoms with Crippen molar-refractivity contribution in [3.63, 3.8) is 0 Å². The summed E-state index contributed by atoms with van der Waals surface area (Å²) in [5.41, 5.74) is 16.3. The molecule has 0 aliphatic carbocycles. The van der Waals surface area contributed by atoms with E-state index in [1.165, 1.54) is 11.1 Å². The molecule has 15 heavy (non-hydrogen) atoms. The summed E-state index contributed by atoms with van der Waals surface area (Å²) in [6.45, 7) is 2.09. The summed E-state index contributed by atoms with van der Waals surface area (Å²) in [5.74, 6) is 0. The molecule has 0 aromatic heterocycles. The lowest BCUT2D eigenvalue weighted by atomic mass is 10.00. The quantitative estimate of drug-likeness (QED) is 0.692. The first-order valence-corrected chi connectivity index (χ1v) is 4.89. The predicted octanol–water partition coefficient (Wildman–Crippen LogP) is 2.83. The first kappa shape index (κ1) is 9.59. The monoisotopic (exact) mass is 198 g/mol. The molecular weight excluding hydrogens is 184 g/mol. The third-order valence-electron chi connectivity index (χ3n) is 2.54. The van der Waals surface area contributed by atoms with Gasteiger partial charge in [0.2, 0.25) is 0 Å². The van der Waals surface area contributed by atoms with Crippen LogP contribution in [0, 0.1) is 6.92 Å². The first-order valence-electron chi connectivity index (χ1n) is 4.89. The molecule has 0 fully saturated rings. The van der Waals surface area contributed by atoms with Crippen LogP contribution in [-0.4, -0.2) is 0 Å². The van der Waals surface area contributed by atoms with Gasteiger partial charge in [-0.15, -0.1) is 0 Å². The third kappa shape index (κ3) is 1.79. The number of aryl methyl sites for hydroxylation is 1. The number of nitrogen functional groups attached to an aromatic ring is 2. The second-order valence-corrected chi connectivity index (χ2v) is 3.66. The Kier molecular flexibility index (Phi) is 2.34. The molecule has 0 aliphatic rings. The maximum absolute atomic E-state index is 5.78. The minimum Gasteiger partial charge on any atom is -0.397 e. The highest BCUT2D eigenvalue weighted by atomic mass is 14.7. The Morgan fingerprint density at radius 3 is 2.27 bits per heavy atom. The summed E-state index contributed by atoms with van der Waals surface area (Å²) in [6, 6.07) is 14.0. The molecule has 0 radical (unpaired) electrons. The van der Waals surface area contributed by atoms with E-state index in [-0.39, 0.29) is 0 Å². The molecule has 0 saturated carbocycles. The number of benzene rings is 2. The molecule has 0 heterocycles. The van der Waals surface area contributed by atoms with E-state index in [2.05, 4.69) is 19.1 Å². The summed E-state index contributed by atoms with van der Waals surface area (Å²) in [7, 11) is 0. The molecule has 4 N–H and O–H groups in total. The molecule has 0 atom stereocenters. The van der Waals surface area contributed by atoms with Crippen molar-refractivity contribution in [2.24, 2.45) is 0 Å². The van der Waals surface area contributed by atoms with E-state index in [0.717, 1.165) is 5.56 Å². The molecule has 0 amide bonds. The molecule has 0 unspecified atom stereocenters. The Labute approximate surface area is 89.5 Å². The summed E-state index contributed by atoms with van der Waals surface area (Å²) >= 11 is 0. The number of hydrogen-bond acceptors (Lipinski definition) is 2. The SMILES string of the molecule is Cc1ccccc1-c1ccc(N)c(N)c1. The standard InChI is InChI=1S/C13H14N2/c1-9-4-2-3-5-11(9)10-6-7-12(14)13(15)8-10/h2-8H,14-15H2,1H3. The van der Waals surface area contributed by atoms with Gasteiger partial charge in [0.1, 0.15) is 0 Å². The van der Waals surface area contributed by atoms with Gasteiger partial charge in [-0.25, -0.2) is 0 Å². The Bertz CT molecular complexity index is 490. The molecule has 2 aromatic rings. The second kappa shape index (κ2) is 3.65. The predicted molar refractivity (Wildman–Crippen MR) is 65.4 cm³/mol. The van der Waals surface area contributed by atoms with Crippen molar-refractivity contribution >= 4 is 11.4 Å². The molecule has 2 nitrogen and oxygen atoms in total. The summed E-state index contributed by atoms with van der Waals surface area (Å²) in [4.78, 5) is 0. The fourth-order valence-corrected chi connectivity index (χ4v) is 1.64. The molecule has 0 bridgehead atoms. The van der Waals surface area contributed by atoms with Gasteiger partial charge in [0.05, 0.1) is 11.4 Å². The maximum Gasteiger partial charge on any atom is 0.0554 e. The number of hydrogen-bond donors (Lipinski definition) is 2. The van der Waals surface area contributed by atoms with Crippen LogP contribution < -0.4 is 11.5 Å². The van der Waals surface area contributed by atoms with E-state index in [9.17, 15) is 0 Å². The van der Waals surface area contributed by atoms with Gasteiger partial charge in [-0.2, -0.15) is 0 Å². The number of nitrogens with two attached hydrogens (primary N) is 2. The molecule has 2 aromatic carbocycles. The van der Waals surface area contributed by atoms with Crippen LogP contribution in [0.5, 0.6) is 0 Å². The molecule has 2 heteroatoms. The van der Waals surface area contributed by atoms with Crippen LogP contribution in [0.3, 0.4) is 0 Å². The van der Waals surface area contributed by atoms with Gasteiger partial charge in [-0.1, -0.05) is 30.3 Å². The molecule has 2 rings (SSSR count). The zero-order chi connectivity index (χ0) is 10.8. The molecule has 0 aliphatic heterocycles. The van der Waals surface area contributed by atoms with Crippen LogP contribution in [0.2, 0.25) is 0 Å². The minimum atomic E-state index is 0.632. The topological polar surface area (TPSA) is 52.0 Å². The van der Waals surface area contributed by atoms with Gasteiger partial charge in [-0.3, -0.25) is 0 Å². The fraction of sp³-hybridized carbons (Fsp3) is 0.0769. The number of rotatable bonds is 1. The van der Waals surface area contributed by atoms with Crippen molar-refractivity contribution in [3.05, 3.63) is 48.0 Å². The van der Waals surface area contributed by atoms with Crippen LogP contribution >= 0.6 is 0 Å². The second-order valence-electron chi connectivity index (χ2n) is 3.66. The van der Waals surface area contributed by atoms with E-state index in [1.807, 2.05) is 30.3 Å². The highest BCUT2D eigenvalue weighted by molar-refractivity contribution is 5.76. The van der Waals surface area contributed by atoms with Gasteiger partial charge < -0.3 is 11.5 Å². The Morgan fingerprint density at radius 2 is 1.60 bits per heavy atom. The Morgan fingerprint density at radius 1 is 0.867 bits per heavy atom. The molecule has 76 valence electrons. The normalized spacial score (nSPS) is 10.2. The van der Waals surface area contributed by atoms with Crippen molar-refractivity contribution in [2.45, 2.75) is 6.92 Å². The van der Waals surface area contributed by atoms with E-state index in [1.54, 1.807) is 0 Å². The van der Waals surface area contributed by atoms with Crippen molar-refractivity contribution in [2.75, 3.05) is 11.5 Å². The summed E-state index contributed by atoms with van der Waals surface area (Å²) in [5, 5.41) is 0. The van der Waals surface area contributed by atoms with Crippen LogP contribution in [-0.2, 0) is 0 Å². The molecule has 0 saturated heterocycles. The van der Waals surface area contributed by atoms with E-state index in [0.29, 0.717) is 11.4 Å². The maximum atomic E-state index is 5.78. The van der Waals surface area contributed by atoms with E-state index < -0.39 is 0 Å². The average molecular weight is 198 g/mol. The Hall–Kier alpha value is -1.96. The highest BCUT2D eigenvalue weighted by Gasteiger charge is 2.02. The van der Waals surface area contributed by atoms with Crippen molar-refractivity contribution < 1.29 is 0 Å². The van der Waals surface area contributed by atoms with Crippen LogP contribution in [0.15, 0.2) is 42.5 Å². The van der Waals surface area contributed by atoms with Gasteiger partial charge in [0.15, 0.2) is 0 Å². The van der Waals surface area contributed by atoms with Crippen LogP contribution in [0.4, 0.5) is 11.4 Å². The van der Waals surface area contributed by atoms with E-state index in [4.69, 9.17) is 11.5 Å². The third-order valence-corrected chi connectivity index (χ3v) is 2.54. The zero-order valence-corrected chi connectivity index (χ0v) is 8.70. The average Bonchev–Trinajstić information content (AvgIpc) is 2.23.